The number of aliphatic hydroxyl groups excluding tert-OH is 1. The predicted molar refractivity (Wildman–Crippen MR) is 78.8 cm³/mol. The largest absolute Gasteiger partial charge is 0.389 e. The fourth-order valence-electron chi connectivity index (χ4n) is 1.36. The second-order valence-corrected chi connectivity index (χ2v) is 4.96. The summed E-state index contributed by atoms with van der Waals surface area (Å²) >= 11 is 10.8. The molecule has 0 aliphatic carbocycles. The lowest BCUT2D eigenvalue weighted by atomic mass is 10.1. The van der Waals surface area contributed by atoms with Crippen LogP contribution in [0.5, 0.6) is 0 Å². The molecule has 1 N–H and O–H groups in total. The smallest absolute Gasteiger partial charge is 0.150 e. The van der Waals surface area contributed by atoms with Gasteiger partial charge in [-0.05, 0) is 36.8 Å². The average molecular weight is 333 g/mol. The molecule has 1 unspecified atom stereocenters. The summed E-state index contributed by atoms with van der Waals surface area (Å²) in [5.74, 6) is -1.06. The molecule has 2 rings (SSSR count). The minimum atomic E-state index is -0.651. The molecule has 0 spiro atoms. The van der Waals surface area contributed by atoms with Gasteiger partial charge in [-0.15, -0.1) is 0 Å². The van der Waals surface area contributed by atoms with E-state index in [2.05, 4.69) is 0 Å². The van der Waals surface area contributed by atoms with E-state index in [1.54, 1.807) is 13.0 Å². The van der Waals surface area contributed by atoms with Crippen molar-refractivity contribution in [2.45, 2.75) is 13.0 Å². The Bertz CT molecular complexity index is 631. The van der Waals surface area contributed by atoms with E-state index >= 15 is 0 Å². The standard InChI is InChI=1S/C8H8ClFO.C7H4ClFO/c1-5(11)6-2-3-7(9)8(10)4-6;8-6-2-1-5(4-10)3-7(6)9/h2-5,11H,1H3;1-4H. The Morgan fingerprint density at radius 3 is 2.00 bits per heavy atom. The molecule has 0 fully saturated rings. The molecular weight excluding hydrogens is 321 g/mol. The molecular formula is C15H12Cl2F2O2. The lowest BCUT2D eigenvalue weighted by molar-refractivity contribution is 0.112. The Morgan fingerprint density at radius 2 is 1.57 bits per heavy atom. The van der Waals surface area contributed by atoms with Gasteiger partial charge in [0.15, 0.2) is 0 Å². The van der Waals surface area contributed by atoms with Gasteiger partial charge >= 0.3 is 0 Å². The van der Waals surface area contributed by atoms with Gasteiger partial charge in [-0.2, -0.15) is 0 Å². The van der Waals surface area contributed by atoms with Gasteiger partial charge in [0.05, 0.1) is 16.1 Å². The minimum Gasteiger partial charge on any atom is -0.389 e. The van der Waals surface area contributed by atoms with E-state index in [1.807, 2.05) is 0 Å². The van der Waals surface area contributed by atoms with E-state index in [0.717, 1.165) is 6.07 Å². The first kappa shape index (κ1) is 17.6. The fourth-order valence-corrected chi connectivity index (χ4v) is 1.59. The molecule has 0 bridgehead atoms. The lowest BCUT2D eigenvalue weighted by Crippen LogP contribution is -1.91. The summed E-state index contributed by atoms with van der Waals surface area (Å²) in [6.45, 7) is 1.57. The highest BCUT2D eigenvalue weighted by atomic mass is 35.5. The fraction of sp³-hybridized carbons (Fsp3) is 0.133. The maximum atomic E-state index is 12.7. The molecule has 21 heavy (non-hydrogen) atoms. The minimum absolute atomic E-state index is 0.0330. The molecule has 0 saturated carbocycles. The maximum Gasteiger partial charge on any atom is 0.150 e. The van der Waals surface area contributed by atoms with Crippen LogP contribution in [0.1, 0.15) is 28.9 Å². The van der Waals surface area contributed by atoms with Crippen molar-refractivity contribution in [3.8, 4) is 0 Å². The van der Waals surface area contributed by atoms with Crippen LogP contribution >= 0.6 is 23.2 Å². The molecule has 0 aliphatic heterocycles. The van der Waals surface area contributed by atoms with Gasteiger partial charge in [0.2, 0.25) is 0 Å². The molecule has 0 saturated heterocycles. The van der Waals surface area contributed by atoms with Crippen LogP contribution in [-0.4, -0.2) is 11.4 Å². The Morgan fingerprint density at radius 1 is 1.05 bits per heavy atom. The Kier molecular flexibility index (Phi) is 6.75. The second kappa shape index (κ2) is 8.08. The SMILES string of the molecule is CC(O)c1ccc(Cl)c(F)c1.O=Cc1ccc(Cl)c(F)c1. The van der Waals surface area contributed by atoms with E-state index in [1.165, 1.54) is 24.3 Å². The van der Waals surface area contributed by atoms with Gasteiger partial charge in [0.1, 0.15) is 17.9 Å². The summed E-state index contributed by atoms with van der Waals surface area (Å²) < 4.78 is 25.2. The van der Waals surface area contributed by atoms with Crippen LogP contribution < -0.4 is 0 Å². The molecule has 2 aromatic carbocycles. The molecule has 112 valence electrons. The number of halogens is 4. The molecule has 0 aromatic heterocycles. The highest BCUT2D eigenvalue weighted by Gasteiger charge is 2.04. The van der Waals surface area contributed by atoms with E-state index in [9.17, 15) is 13.6 Å². The molecule has 0 heterocycles. The van der Waals surface area contributed by atoms with Gasteiger partial charge in [-0.25, -0.2) is 8.78 Å². The first-order valence-corrected chi connectivity index (χ1v) is 6.64. The zero-order chi connectivity index (χ0) is 16.0. The number of benzene rings is 2. The molecule has 2 nitrogen and oxygen atoms in total. The highest BCUT2D eigenvalue weighted by Crippen LogP contribution is 2.19. The van der Waals surface area contributed by atoms with Gasteiger partial charge in [-0.3, -0.25) is 4.79 Å². The van der Waals surface area contributed by atoms with Gasteiger partial charge in [0.25, 0.3) is 0 Å². The van der Waals surface area contributed by atoms with Crippen LogP contribution in [0.25, 0.3) is 0 Å². The van der Waals surface area contributed by atoms with Crippen LogP contribution in [0.2, 0.25) is 10.0 Å². The van der Waals surface area contributed by atoms with Crippen LogP contribution in [0.15, 0.2) is 36.4 Å². The number of aliphatic hydroxyl groups is 1. The van der Waals surface area contributed by atoms with Crippen LogP contribution in [0, 0.1) is 11.6 Å². The number of carbonyl (C=O) groups excluding carboxylic acids is 1. The number of hydrogen-bond acceptors (Lipinski definition) is 2. The third kappa shape index (κ3) is 5.42. The third-order valence-corrected chi connectivity index (χ3v) is 3.12. The van der Waals surface area contributed by atoms with Crippen LogP contribution in [-0.2, 0) is 0 Å². The summed E-state index contributed by atoms with van der Waals surface area (Å²) in [6.07, 6.45) is -0.0823. The van der Waals surface area contributed by atoms with E-state index < -0.39 is 17.7 Å². The summed E-state index contributed by atoms with van der Waals surface area (Å²) in [5, 5.41) is 9.14. The Labute approximate surface area is 130 Å². The number of hydrogen-bond donors (Lipinski definition) is 1. The topological polar surface area (TPSA) is 37.3 Å². The maximum absolute atomic E-state index is 12.7. The summed E-state index contributed by atoms with van der Waals surface area (Å²) in [4.78, 5) is 10.1. The number of carbonyl (C=O) groups is 1. The van der Waals surface area contributed by atoms with Gasteiger partial charge < -0.3 is 5.11 Å². The van der Waals surface area contributed by atoms with E-state index in [-0.39, 0.29) is 10.0 Å². The van der Waals surface area contributed by atoms with Crippen molar-refractivity contribution < 1.29 is 18.7 Å². The van der Waals surface area contributed by atoms with Crippen LogP contribution in [0.3, 0.4) is 0 Å². The summed E-state index contributed by atoms with van der Waals surface area (Å²) in [5.41, 5.74) is 0.828. The second-order valence-electron chi connectivity index (χ2n) is 4.14. The monoisotopic (exact) mass is 332 g/mol. The summed E-state index contributed by atoms with van der Waals surface area (Å²) in [7, 11) is 0. The molecule has 0 radical (unpaired) electrons. The number of rotatable bonds is 2. The van der Waals surface area contributed by atoms with Crippen molar-refractivity contribution in [3.63, 3.8) is 0 Å². The van der Waals surface area contributed by atoms with E-state index in [4.69, 9.17) is 28.3 Å². The quantitative estimate of drug-likeness (QED) is 0.800. The average Bonchev–Trinajstić information content (AvgIpc) is 2.45. The first-order valence-electron chi connectivity index (χ1n) is 5.88. The van der Waals surface area contributed by atoms with Crippen molar-refractivity contribution in [2.75, 3.05) is 0 Å². The van der Waals surface area contributed by atoms with Gasteiger partial charge in [-0.1, -0.05) is 35.3 Å². The Balaban J connectivity index is 0.000000211. The van der Waals surface area contributed by atoms with Crippen molar-refractivity contribution in [1.82, 2.24) is 0 Å². The normalized spacial score (nSPS) is 11.3. The van der Waals surface area contributed by atoms with Crippen LogP contribution in [0.4, 0.5) is 8.78 Å². The predicted octanol–water partition coefficient (Wildman–Crippen LogP) is 4.82. The molecule has 1 atom stereocenters. The zero-order valence-electron chi connectivity index (χ0n) is 11.0. The molecule has 0 amide bonds. The molecule has 0 aliphatic rings. The van der Waals surface area contributed by atoms with Crippen molar-refractivity contribution in [2.24, 2.45) is 0 Å². The third-order valence-electron chi connectivity index (χ3n) is 2.51. The first-order chi connectivity index (χ1) is 9.85. The summed E-state index contributed by atoms with van der Waals surface area (Å²) in [6, 6.07) is 8.15. The molecule has 6 heteroatoms. The zero-order valence-corrected chi connectivity index (χ0v) is 12.5. The van der Waals surface area contributed by atoms with E-state index in [0.29, 0.717) is 17.4 Å². The molecule has 2 aromatic rings. The van der Waals surface area contributed by atoms with Crippen molar-refractivity contribution >= 4 is 29.5 Å². The van der Waals surface area contributed by atoms with Gasteiger partial charge in [0, 0.05) is 5.56 Å². The lowest BCUT2D eigenvalue weighted by Gasteiger charge is -2.03. The van der Waals surface area contributed by atoms with Crippen molar-refractivity contribution in [3.05, 3.63) is 69.2 Å². The Hall–Kier alpha value is -1.49. The number of aldehydes is 1. The van der Waals surface area contributed by atoms with Crippen molar-refractivity contribution in [1.29, 1.82) is 0 Å². The highest BCUT2D eigenvalue weighted by molar-refractivity contribution is 6.31.